The molecular weight excluding hydrogens is 432 g/mol. The number of rotatable bonds is 8. The number of benzene rings is 1. The van der Waals surface area contributed by atoms with Crippen LogP contribution in [0.25, 0.3) is 0 Å². The van der Waals surface area contributed by atoms with Gasteiger partial charge in [0.25, 0.3) is 5.91 Å². The Labute approximate surface area is 192 Å². The average Bonchev–Trinajstić information content (AvgIpc) is 2.73. The van der Waals surface area contributed by atoms with Crippen molar-refractivity contribution < 1.29 is 19.5 Å². The van der Waals surface area contributed by atoms with Crippen LogP contribution in [0.15, 0.2) is 36.5 Å². The first kappa shape index (κ1) is 23.7. The summed E-state index contributed by atoms with van der Waals surface area (Å²) in [6.07, 6.45) is 1.37. The van der Waals surface area contributed by atoms with Gasteiger partial charge < -0.3 is 15.7 Å². The zero-order valence-electron chi connectivity index (χ0n) is 18.3. The number of carboxylic acids is 1. The van der Waals surface area contributed by atoms with Gasteiger partial charge in [-0.25, -0.2) is 4.98 Å². The van der Waals surface area contributed by atoms with Gasteiger partial charge in [-0.1, -0.05) is 49.7 Å². The minimum atomic E-state index is -0.878. The van der Waals surface area contributed by atoms with Gasteiger partial charge in [0, 0.05) is 26.7 Å². The maximum atomic E-state index is 13.7. The molecule has 3 rings (SSSR count). The number of likely N-dealkylation sites (tertiary alicyclic amines) is 1. The van der Waals surface area contributed by atoms with Crippen LogP contribution in [0.5, 0.6) is 0 Å². The zero-order valence-corrected chi connectivity index (χ0v) is 19.1. The lowest BCUT2D eigenvalue weighted by molar-refractivity contribution is -0.138. The van der Waals surface area contributed by atoms with E-state index in [-0.39, 0.29) is 34.6 Å². The van der Waals surface area contributed by atoms with Crippen molar-refractivity contribution in [2.45, 2.75) is 31.6 Å². The van der Waals surface area contributed by atoms with Gasteiger partial charge in [0.1, 0.15) is 5.15 Å². The quantitative estimate of drug-likeness (QED) is 0.524. The van der Waals surface area contributed by atoms with Gasteiger partial charge in [0.05, 0.1) is 29.3 Å². The summed E-state index contributed by atoms with van der Waals surface area (Å²) in [5, 5.41) is 14.6. The van der Waals surface area contributed by atoms with Crippen LogP contribution in [0.4, 0.5) is 5.69 Å². The Balaban J connectivity index is 1.97. The van der Waals surface area contributed by atoms with Crippen molar-refractivity contribution in [3.05, 3.63) is 58.4 Å². The normalized spacial score (nSPS) is 15.2. The van der Waals surface area contributed by atoms with E-state index in [1.807, 2.05) is 29.2 Å². The molecule has 0 atom stereocenters. The van der Waals surface area contributed by atoms with Gasteiger partial charge in [0.2, 0.25) is 5.91 Å². The van der Waals surface area contributed by atoms with Crippen molar-refractivity contribution in [3.8, 4) is 0 Å². The number of nitrogens with zero attached hydrogens (tertiary/aromatic N) is 2. The molecule has 0 saturated carbocycles. The summed E-state index contributed by atoms with van der Waals surface area (Å²) in [4.78, 5) is 42.9. The van der Waals surface area contributed by atoms with Crippen LogP contribution < -0.4 is 10.6 Å². The fraction of sp³-hybridized carbons (Fsp3) is 0.391. The summed E-state index contributed by atoms with van der Waals surface area (Å²) in [5.41, 5.74) is 1.57. The Bertz CT molecular complexity index is 1030. The molecule has 1 fully saturated rings. The molecule has 1 aromatic heterocycles. The van der Waals surface area contributed by atoms with Gasteiger partial charge in [-0.2, -0.15) is 0 Å². The molecule has 0 bridgehead atoms. The molecule has 3 N–H and O–H groups in total. The first-order chi connectivity index (χ1) is 15.2. The van der Waals surface area contributed by atoms with E-state index in [4.69, 9.17) is 16.7 Å². The molecule has 9 heteroatoms. The number of aromatic nitrogens is 1. The summed E-state index contributed by atoms with van der Waals surface area (Å²) < 4.78 is 0. The molecule has 32 heavy (non-hydrogen) atoms. The third kappa shape index (κ3) is 4.76. The number of carbonyl (C=O) groups excluding carboxylic acids is 2. The molecule has 2 heterocycles. The van der Waals surface area contributed by atoms with Gasteiger partial charge in [-0.05, 0) is 23.1 Å². The van der Waals surface area contributed by atoms with Crippen LogP contribution in [0.2, 0.25) is 5.15 Å². The van der Waals surface area contributed by atoms with Crippen LogP contribution in [0, 0.1) is 0 Å². The van der Waals surface area contributed by atoms with Crippen LogP contribution in [0.1, 0.15) is 47.7 Å². The standard InChI is InChI=1S/C23H27ClN4O4/c1-14(2)15-6-4-5-7-17(15)23(12-28(13-23)9-8-20(29)30)22(32)27-18-11-26-19(24)10-16(18)21(31)25-3/h4-7,10-11,14H,8-9,12-13H2,1-3H3,(H,25,31)(H,27,32)(H,29,30). The topological polar surface area (TPSA) is 112 Å². The highest BCUT2D eigenvalue weighted by atomic mass is 35.5. The number of hydrogen-bond acceptors (Lipinski definition) is 5. The summed E-state index contributed by atoms with van der Waals surface area (Å²) >= 11 is 5.96. The molecule has 170 valence electrons. The molecule has 0 aliphatic carbocycles. The van der Waals surface area contributed by atoms with E-state index in [0.29, 0.717) is 19.6 Å². The van der Waals surface area contributed by atoms with Crippen LogP contribution in [-0.4, -0.2) is 59.5 Å². The lowest BCUT2D eigenvalue weighted by Crippen LogP contribution is -2.65. The van der Waals surface area contributed by atoms with E-state index in [0.717, 1.165) is 11.1 Å². The lowest BCUT2D eigenvalue weighted by Gasteiger charge is -2.50. The monoisotopic (exact) mass is 458 g/mol. The highest BCUT2D eigenvalue weighted by Gasteiger charge is 2.51. The molecular formula is C23H27ClN4O4. The van der Waals surface area contributed by atoms with E-state index >= 15 is 0 Å². The number of amides is 2. The second-order valence-electron chi connectivity index (χ2n) is 8.26. The third-order valence-electron chi connectivity index (χ3n) is 5.75. The second kappa shape index (κ2) is 9.67. The molecule has 1 aliphatic rings. The molecule has 1 saturated heterocycles. The predicted octanol–water partition coefficient (Wildman–Crippen LogP) is 2.88. The number of nitrogens with one attached hydrogen (secondary N) is 2. The van der Waals surface area contributed by atoms with Crippen molar-refractivity contribution in [2.24, 2.45) is 0 Å². The predicted molar refractivity (Wildman–Crippen MR) is 122 cm³/mol. The SMILES string of the molecule is CNC(=O)c1cc(Cl)ncc1NC(=O)C1(c2ccccc2C(C)C)CN(CCC(=O)O)C1. The molecule has 8 nitrogen and oxygen atoms in total. The zero-order chi connectivity index (χ0) is 23.5. The fourth-order valence-electron chi connectivity index (χ4n) is 4.10. The van der Waals surface area contributed by atoms with Crippen molar-refractivity contribution in [1.29, 1.82) is 0 Å². The Morgan fingerprint density at radius 1 is 1.25 bits per heavy atom. The summed E-state index contributed by atoms with van der Waals surface area (Å²) in [7, 11) is 1.49. The van der Waals surface area contributed by atoms with Gasteiger partial charge in [-0.3, -0.25) is 19.3 Å². The number of pyridine rings is 1. The van der Waals surface area contributed by atoms with E-state index in [2.05, 4.69) is 29.5 Å². The van der Waals surface area contributed by atoms with Gasteiger partial charge in [-0.15, -0.1) is 0 Å². The van der Waals surface area contributed by atoms with Crippen LogP contribution >= 0.6 is 11.6 Å². The molecule has 2 aromatic rings. The van der Waals surface area contributed by atoms with Gasteiger partial charge >= 0.3 is 5.97 Å². The largest absolute Gasteiger partial charge is 0.481 e. The number of halogens is 1. The molecule has 1 aromatic carbocycles. The number of anilines is 1. The number of hydrogen-bond donors (Lipinski definition) is 3. The fourth-order valence-corrected chi connectivity index (χ4v) is 4.25. The average molecular weight is 459 g/mol. The molecule has 0 radical (unpaired) electrons. The van der Waals surface area contributed by atoms with E-state index in [9.17, 15) is 14.4 Å². The Kier molecular flexibility index (Phi) is 7.16. The number of carboxylic acid groups (broad SMARTS) is 1. The molecule has 2 amide bonds. The molecule has 0 spiro atoms. The van der Waals surface area contributed by atoms with Crippen molar-refractivity contribution in [3.63, 3.8) is 0 Å². The first-order valence-electron chi connectivity index (χ1n) is 10.4. The van der Waals surface area contributed by atoms with Gasteiger partial charge in [0.15, 0.2) is 0 Å². The van der Waals surface area contributed by atoms with E-state index in [1.165, 1.54) is 19.3 Å². The Hall–Kier alpha value is -2.97. The number of aliphatic carboxylic acids is 1. The lowest BCUT2D eigenvalue weighted by atomic mass is 9.69. The summed E-state index contributed by atoms with van der Waals surface area (Å²) in [6, 6.07) is 9.21. The highest BCUT2D eigenvalue weighted by molar-refractivity contribution is 6.30. The van der Waals surface area contributed by atoms with Crippen molar-refractivity contribution >= 4 is 35.1 Å². The minimum Gasteiger partial charge on any atom is -0.481 e. The summed E-state index contributed by atoms with van der Waals surface area (Å²) in [5.74, 6) is -1.34. The summed E-state index contributed by atoms with van der Waals surface area (Å²) in [6.45, 7) is 5.26. The number of carbonyl (C=O) groups is 3. The van der Waals surface area contributed by atoms with Crippen molar-refractivity contribution in [2.75, 3.05) is 32.0 Å². The minimum absolute atomic E-state index is 0.00541. The maximum Gasteiger partial charge on any atom is 0.304 e. The first-order valence-corrected chi connectivity index (χ1v) is 10.8. The third-order valence-corrected chi connectivity index (χ3v) is 5.96. The Morgan fingerprint density at radius 2 is 1.94 bits per heavy atom. The van der Waals surface area contributed by atoms with Crippen molar-refractivity contribution in [1.82, 2.24) is 15.2 Å². The molecule has 0 unspecified atom stereocenters. The highest BCUT2D eigenvalue weighted by Crippen LogP contribution is 2.40. The van der Waals surface area contributed by atoms with E-state index in [1.54, 1.807) is 0 Å². The smallest absolute Gasteiger partial charge is 0.304 e. The van der Waals surface area contributed by atoms with Crippen LogP contribution in [-0.2, 0) is 15.0 Å². The van der Waals surface area contributed by atoms with E-state index < -0.39 is 17.3 Å². The second-order valence-corrected chi connectivity index (χ2v) is 8.65. The molecule has 1 aliphatic heterocycles. The Morgan fingerprint density at radius 3 is 2.56 bits per heavy atom. The maximum absolute atomic E-state index is 13.7. The van der Waals surface area contributed by atoms with Crippen LogP contribution in [0.3, 0.4) is 0 Å².